The van der Waals surface area contributed by atoms with Gasteiger partial charge in [0, 0.05) is 0 Å². The molecule has 0 nitrogen and oxygen atoms in total. The third-order valence-corrected chi connectivity index (χ3v) is 3.30. The highest BCUT2D eigenvalue weighted by Gasteiger charge is 2.18. The molecule has 1 fully saturated rings. The lowest BCUT2D eigenvalue weighted by molar-refractivity contribution is 0.684. The van der Waals surface area contributed by atoms with E-state index in [0.29, 0.717) is 5.66 Å². The minimum absolute atomic E-state index is 0.702. The molecule has 1 aliphatic rings. The van der Waals surface area contributed by atoms with Crippen LogP contribution in [0.4, 0.5) is 0 Å². The van der Waals surface area contributed by atoms with Gasteiger partial charge in [0.1, 0.15) is 0 Å². The van der Waals surface area contributed by atoms with Gasteiger partial charge in [-0.1, -0.05) is 11.6 Å². The Balaban J connectivity index is 2.95. The zero-order valence-electron chi connectivity index (χ0n) is 8.35. The van der Waals surface area contributed by atoms with Crippen LogP contribution in [0.15, 0.2) is 22.8 Å². The van der Waals surface area contributed by atoms with E-state index < -0.39 is 0 Å². The number of hydrogen-bond donors (Lipinski definition) is 0. The Hall–Kier alpha value is -0.0900. The predicted octanol–water partition coefficient (Wildman–Crippen LogP) is 3.70. The van der Waals surface area contributed by atoms with Crippen LogP contribution in [-0.2, 0) is 0 Å². The summed E-state index contributed by atoms with van der Waals surface area (Å²) in [6.45, 7) is 6.60. The molecule has 0 aliphatic heterocycles. The van der Waals surface area contributed by atoms with E-state index in [9.17, 15) is 0 Å². The number of rotatable bonds is 0. The van der Waals surface area contributed by atoms with Gasteiger partial charge in [-0.3, -0.25) is 0 Å². The van der Waals surface area contributed by atoms with Crippen molar-refractivity contribution in [2.75, 3.05) is 0 Å². The summed E-state index contributed by atoms with van der Waals surface area (Å²) in [7, 11) is 2.96. The Kier molecular flexibility index (Phi) is 3.53. The smallest absolute Gasteiger partial charge is 0.00150 e. The molecule has 0 aromatic heterocycles. The average molecular weight is 182 g/mol. The SMILES string of the molecule is C/C=C1\C(=C(C)C)CCCC1P. The molecule has 12 heavy (non-hydrogen) atoms. The van der Waals surface area contributed by atoms with Crippen LogP contribution in [0.1, 0.15) is 40.0 Å². The van der Waals surface area contributed by atoms with Crippen molar-refractivity contribution in [3.8, 4) is 0 Å². The van der Waals surface area contributed by atoms with Crippen molar-refractivity contribution in [3.63, 3.8) is 0 Å². The minimum Gasteiger partial charge on any atom is -0.130 e. The van der Waals surface area contributed by atoms with E-state index >= 15 is 0 Å². The van der Waals surface area contributed by atoms with Crippen molar-refractivity contribution in [2.45, 2.75) is 45.7 Å². The first kappa shape index (κ1) is 9.99. The summed E-state index contributed by atoms with van der Waals surface area (Å²) in [6, 6.07) is 0. The van der Waals surface area contributed by atoms with Gasteiger partial charge >= 0.3 is 0 Å². The van der Waals surface area contributed by atoms with Crippen LogP contribution in [0.25, 0.3) is 0 Å². The molecule has 0 radical (unpaired) electrons. The Morgan fingerprint density at radius 2 is 2.17 bits per heavy atom. The second-order valence-corrected chi connectivity index (χ2v) is 4.53. The largest absolute Gasteiger partial charge is 0.130 e. The van der Waals surface area contributed by atoms with Crippen molar-refractivity contribution in [2.24, 2.45) is 0 Å². The first-order valence-electron chi connectivity index (χ1n) is 4.75. The molecule has 2 atom stereocenters. The van der Waals surface area contributed by atoms with E-state index in [-0.39, 0.29) is 0 Å². The maximum Gasteiger partial charge on any atom is -0.00150 e. The average Bonchev–Trinajstić information content (AvgIpc) is 2.03. The molecule has 0 heterocycles. The van der Waals surface area contributed by atoms with Crippen LogP contribution in [0.3, 0.4) is 0 Å². The highest BCUT2D eigenvalue weighted by Crippen LogP contribution is 2.35. The number of hydrogen-bond acceptors (Lipinski definition) is 0. The maximum absolute atomic E-state index is 2.96. The van der Waals surface area contributed by atoms with Gasteiger partial charge in [0.15, 0.2) is 0 Å². The predicted molar refractivity (Wildman–Crippen MR) is 59.5 cm³/mol. The molecule has 2 unspecified atom stereocenters. The normalized spacial score (nSPS) is 27.8. The first-order valence-corrected chi connectivity index (χ1v) is 5.42. The van der Waals surface area contributed by atoms with Gasteiger partial charge in [0.25, 0.3) is 0 Å². The molecule has 1 aliphatic carbocycles. The van der Waals surface area contributed by atoms with Crippen molar-refractivity contribution < 1.29 is 0 Å². The third kappa shape index (κ3) is 1.98. The highest BCUT2D eigenvalue weighted by molar-refractivity contribution is 7.18. The molecule has 0 aromatic rings. The quantitative estimate of drug-likeness (QED) is 0.501. The fourth-order valence-corrected chi connectivity index (χ4v) is 2.58. The highest BCUT2D eigenvalue weighted by atomic mass is 31.0. The second-order valence-electron chi connectivity index (χ2n) is 3.72. The van der Waals surface area contributed by atoms with E-state index in [1.165, 1.54) is 24.8 Å². The lowest BCUT2D eigenvalue weighted by atomic mass is 9.86. The molecular formula is C11H19P. The summed E-state index contributed by atoms with van der Waals surface area (Å²) in [5.41, 5.74) is 5.36. The van der Waals surface area contributed by atoms with Crippen molar-refractivity contribution in [1.29, 1.82) is 0 Å². The third-order valence-electron chi connectivity index (χ3n) is 2.60. The fourth-order valence-electron chi connectivity index (χ4n) is 1.95. The Morgan fingerprint density at radius 3 is 2.58 bits per heavy atom. The summed E-state index contributed by atoms with van der Waals surface area (Å²) in [4.78, 5) is 0. The van der Waals surface area contributed by atoms with E-state index in [1.807, 2.05) is 0 Å². The summed E-state index contributed by atoms with van der Waals surface area (Å²) in [6.07, 6.45) is 6.25. The lowest BCUT2D eigenvalue weighted by Gasteiger charge is -2.25. The van der Waals surface area contributed by atoms with Crippen LogP contribution < -0.4 is 0 Å². The van der Waals surface area contributed by atoms with Crippen LogP contribution in [0, 0.1) is 0 Å². The Bertz CT molecular complexity index is 219. The maximum atomic E-state index is 2.96. The molecule has 1 heteroatoms. The molecule has 0 saturated heterocycles. The fraction of sp³-hybridized carbons (Fsp3) is 0.636. The molecule has 1 saturated carbocycles. The first-order chi connectivity index (χ1) is 5.66. The minimum atomic E-state index is 0.702. The zero-order chi connectivity index (χ0) is 9.14. The molecular weight excluding hydrogens is 163 g/mol. The molecule has 0 N–H and O–H groups in total. The summed E-state index contributed by atoms with van der Waals surface area (Å²) < 4.78 is 0. The van der Waals surface area contributed by atoms with E-state index in [1.54, 1.807) is 11.1 Å². The van der Waals surface area contributed by atoms with Gasteiger partial charge in [-0.2, -0.15) is 0 Å². The second kappa shape index (κ2) is 4.23. The van der Waals surface area contributed by atoms with Gasteiger partial charge in [-0.25, -0.2) is 0 Å². The summed E-state index contributed by atoms with van der Waals surface area (Å²) in [5, 5.41) is 0. The van der Waals surface area contributed by atoms with Crippen molar-refractivity contribution in [1.82, 2.24) is 0 Å². The molecule has 68 valence electrons. The molecule has 0 spiro atoms. The molecule has 1 rings (SSSR count). The van der Waals surface area contributed by atoms with Crippen LogP contribution in [0.5, 0.6) is 0 Å². The van der Waals surface area contributed by atoms with E-state index in [4.69, 9.17) is 0 Å². The molecule has 0 bridgehead atoms. The standard InChI is InChI=1S/C11H19P/c1-4-9-10(8(2)3)6-5-7-11(9)12/h4,11H,5-7,12H2,1-3H3/b9-4+. The monoisotopic (exact) mass is 182 g/mol. The van der Waals surface area contributed by atoms with Crippen LogP contribution >= 0.6 is 9.24 Å². The van der Waals surface area contributed by atoms with Crippen molar-refractivity contribution in [3.05, 3.63) is 22.8 Å². The van der Waals surface area contributed by atoms with Gasteiger partial charge in [0.05, 0.1) is 0 Å². The molecule has 0 amide bonds. The topological polar surface area (TPSA) is 0 Å². The zero-order valence-corrected chi connectivity index (χ0v) is 9.51. The van der Waals surface area contributed by atoms with Crippen molar-refractivity contribution >= 4 is 9.24 Å². The lowest BCUT2D eigenvalue weighted by Crippen LogP contribution is -2.12. The Morgan fingerprint density at radius 1 is 1.50 bits per heavy atom. The van der Waals surface area contributed by atoms with Gasteiger partial charge < -0.3 is 0 Å². The summed E-state index contributed by atoms with van der Waals surface area (Å²) >= 11 is 0. The van der Waals surface area contributed by atoms with E-state index in [0.717, 1.165) is 0 Å². The van der Waals surface area contributed by atoms with Gasteiger partial charge in [-0.05, 0) is 56.8 Å². The van der Waals surface area contributed by atoms with Gasteiger partial charge in [0.2, 0.25) is 0 Å². The Labute approximate surface area is 78.3 Å². The van der Waals surface area contributed by atoms with E-state index in [2.05, 4.69) is 36.1 Å². The summed E-state index contributed by atoms with van der Waals surface area (Å²) in [5.74, 6) is 0. The van der Waals surface area contributed by atoms with Crippen LogP contribution in [0.2, 0.25) is 0 Å². The molecule has 0 aromatic carbocycles. The van der Waals surface area contributed by atoms with Crippen LogP contribution in [-0.4, -0.2) is 5.66 Å². The number of allylic oxidation sites excluding steroid dienone is 4. The van der Waals surface area contributed by atoms with Gasteiger partial charge in [-0.15, -0.1) is 9.24 Å².